The molecule has 4 heteroatoms. The van der Waals surface area contributed by atoms with Crippen molar-refractivity contribution < 1.29 is 20.8 Å². The van der Waals surface area contributed by atoms with Gasteiger partial charge in [0.1, 0.15) is 0 Å². The Labute approximate surface area is 444 Å². The molecule has 70 heavy (non-hydrogen) atoms. The van der Waals surface area contributed by atoms with Crippen LogP contribution in [0.25, 0.3) is 43.8 Å². The molecule has 10 aliphatic rings. The van der Waals surface area contributed by atoms with Crippen molar-refractivity contribution in [3.8, 4) is 22.3 Å². The summed E-state index contributed by atoms with van der Waals surface area (Å²) in [6, 6.07) is 43.6. The van der Waals surface area contributed by atoms with E-state index in [1.807, 2.05) is 0 Å². The van der Waals surface area contributed by atoms with E-state index >= 15 is 0 Å². The maximum absolute atomic E-state index is 4.93. The van der Waals surface area contributed by atoms with Crippen molar-refractivity contribution in [1.82, 2.24) is 0 Å². The third-order valence-corrected chi connectivity index (χ3v) is 19.8. The molecule has 0 amide bonds. The fourth-order valence-electron chi connectivity index (χ4n) is 17.7. The van der Waals surface area contributed by atoms with Crippen LogP contribution in [0.3, 0.4) is 0 Å². The summed E-state index contributed by atoms with van der Waals surface area (Å²) < 4.78 is 0. The van der Waals surface area contributed by atoms with E-state index in [1.165, 1.54) is 198 Å². The molecule has 366 valence electrons. The first-order valence-electron chi connectivity index (χ1n) is 28.4. The van der Waals surface area contributed by atoms with E-state index in [-0.39, 0.29) is 0 Å². The van der Waals surface area contributed by atoms with Crippen LogP contribution in [0.1, 0.15) is 164 Å². The van der Waals surface area contributed by atoms with Crippen LogP contribution in [-0.2, 0) is 44.5 Å². The maximum Gasteiger partial charge on any atom is -0.00391 e. The first-order chi connectivity index (χ1) is 34.3. The normalized spacial score (nSPS) is 29.7. The average molecular weight is 1060 g/mol. The van der Waals surface area contributed by atoms with Gasteiger partial charge in [-0.05, 0) is 170 Å². The van der Waals surface area contributed by atoms with Gasteiger partial charge in [0, 0.05) is 9.52 Å². The van der Waals surface area contributed by atoms with Crippen LogP contribution in [0.4, 0.5) is 0 Å². The predicted molar refractivity (Wildman–Crippen MR) is 299 cm³/mol. The minimum atomic E-state index is -0.826. The summed E-state index contributed by atoms with van der Waals surface area (Å²) in [5.41, 5.74) is 13.1. The van der Waals surface area contributed by atoms with Crippen molar-refractivity contribution in [3.63, 3.8) is 0 Å². The van der Waals surface area contributed by atoms with Crippen LogP contribution in [0.15, 0.2) is 109 Å². The number of rotatable bonds is 8. The molecular formula is C66H80Cl2SiZr. The number of benzene rings is 4. The second-order valence-corrected chi connectivity index (χ2v) is 29.6. The van der Waals surface area contributed by atoms with E-state index in [0.29, 0.717) is 10.8 Å². The molecule has 10 saturated carbocycles. The summed E-state index contributed by atoms with van der Waals surface area (Å²) in [5, 5.41) is 5.78. The zero-order valence-electron chi connectivity index (χ0n) is 42.7. The van der Waals surface area contributed by atoms with E-state index < -0.39 is 20.8 Å². The van der Waals surface area contributed by atoms with E-state index in [4.69, 9.17) is 17.0 Å². The monoisotopic (exact) mass is 1060 g/mol. The molecule has 0 spiro atoms. The minimum absolute atomic E-state index is 0.507. The molecule has 0 unspecified atom stereocenters. The van der Waals surface area contributed by atoms with E-state index in [9.17, 15) is 0 Å². The zero-order valence-corrected chi connectivity index (χ0v) is 47.7. The molecule has 10 fully saturated rings. The second kappa shape index (κ2) is 22.3. The first kappa shape index (κ1) is 50.0. The Hall–Kier alpha value is -2.22. The summed E-state index contributed by atoms with van der Waals surface area (Å²) in [4.78, 5) is 0. The average Bonchev–Trinajstić information content (AvgIpc) is 3.98. The van der Waals surface area contributed by atoms with Crippen molar-refractivity contribution in [3.05, 3.63) is 131 Å². The quantitative estimate of drug-likeness (QED) is 0.105. The van der Waals surface area contributed by atoms with Gasteiger partial charge in [-0.1, -0.05) is 149 Å². The largest absolute Gasteiger partial charge is 0.164 e. The predicted octanol–water partition coefficient (Wildman–Crippen LogP) is 19.8. The molecule has 8 bridgehead atoms. The molecule has 0 aliphatic heterocycles. The fraction of sp³-hybridized carbons (Fsp3) is 0.545. The molecule has 0 heterocycles. The molecule has 0 atom stereocenters. The molecule has 16 rings (SSSR count). The Kier molecular flexibility index (Phi) is 15.9. The Morgan fingerprint density at radius 3 is 1.10 bits per heavy atom. The number of hydrogen-bond donors (Lipinski definition) is 0. The van der Waals surface area contributed by atoms with Gasteiger partial charge in [-0.3, -0.25) is 0 Å². The molecule has 2 radical (unpaired) electrons. The van der Waals surface area contributed by atoms with Crippen molar-refractivity contribution in [2.75, 3.05) is 0 Å². The Morgan fingerprint density at radius 1 is 0.471 bits per heavy atom. The molecule has 6 aromatic carbocycles. The Bertz CT molecular complexity index is 2380. The third-order valence-electron chi connectivity index (χ3n) is 19.8. The SMILES string of the molecule is C[Si]C.[Cl][Zr+2][Cl].c1cc(-c2ccc(C34CC5CC(CC(C5)C3)C4)cc2)c2cc(CC3CCCCC3)[cH-]c2c1.c1cc(-c2ccc(C34CC5CC(CC(C5)C3)C4)cc2)c2cc(CC3CCCCC3)[cH-]c2c1. The van der Waals surface area contributed by atoms with Gasteiger partial charge < -0.3 is 0 Å². The van der Waals surface area contributed by atoms with Gasteiger partial charge in [0.2, 0.25) is 0 Å². The number of fused-ring (bicyclic) bond motifs is 2. The first-order valence-corrected chi connectivity index (χ1v) is 36.8. The van der Waals surface area contributed by atoms with Gasteiger partial charge in [0.25, 0.3) is 0 Å². The summed E-state index contributed by atoms with van der Waals surface area (Å²) in [5.74, 6) is 7.90. The zero-order chi connectivity index (χ0) is 47.7. The topological polar surface area (TPSA) is 0 Å². The minimum Gasteiger partial charge on any atom is -0.164 e. The molecular weight excluding hydrogens is 983 g/mol. The summed E-state index contributed by atoms with van der Waals surface area (Å²) in [6.07, 6.45) is 34.8. The summed E-state index contributed by atoms with van der Waals surface area (Å²) in [7, 11) is 11.0. The second-order valence-electron chi connectivity index (χ2n) is 24.9. The van der Waals surface area contributed by atoms with Crippen LogP contribution >= 0.6 is 17.0 Å². The molecule has 10 aliphatic carbocycles. The van der Waals surface area contributed by atoms with Gasteiger partial charge in [-0.2, -0.15) is 12.1 Å². The van der Waals surface area contributed by atoms with E-state index in [1.54, 1.807) is 22.3 Å². The fourth-order valence-corrected chi connectivity index (χ4v) is 17.7. The third kappa shape index (κ3) is 10.8. The standard InChI is InChI=1S/2C32H37.C2H6Si.2ClH.Zr/c2*1-2-5-22(6-3-1)13-23-17-28-7-4-8-30(31(28)18-23)27-9-11-29(12-10-27)32-19-24-14-25(20-32)16-26(15-24)21-32;1-3-2;;;/h2*4,7-12,17-18,22,24-26H,1-3,5-6,13-16,19-21H2;1-2H3;2*1H;/q2*-1;;;;+4/p-2. The molecule has 0 aromatic heterocycles. The van der Waals surface area contributed by atoms with Gasteiger partial charge in [0.05, 0.1) is 0 Å². The van der Waals surface area contributed by atoms with Crippen LogP contribution < -0.4 is 0 Å². The van der Waals surface area contributed by atoms with Crippen molar-refractivity contribution >= 4 is 48.1 Å². The van der Waals surface area contributed by atoms with Crippen LogP contribution in [-0.4, -0.2) is 9.52 Å². The molecule has 0 nitrogen and oxygen atoms in total. The smallest absolute Gasteiger partial charge is 0.00391 e. The Balaban J connectivity index is 0.000000137. The summed E-state index contributed by atoms with van der Waals surface area (Å²) in [6.45, 7) is 4.31. The van der Waals surface area contributed by atoms with Crippen LogP contribution in [0.5, 0.6) is 0 Å². The van der Waals surface area contributed by atoms with Gasteiger partial charge in [-0.25, -0.2) is 0 Å². The Morgan fingerprint density at radius 2 is 0.786 bits per heavy atom. The van der Waals surface area contributed by atoms with Gasteiger partial charge in [0.15, 0.2) is 0 Å². The molecule has 6 aromatic rings. The van der Waals surface area contributed by atoms with Gasteiger partial charge in [-0.15, -0.1) is 69.1 Å². The van der Waals surface area contributed by atoms with Crippen LogP contribution in [0, 0.1) is 47.3 Å². The maximum atomic E-state index is 4.93. The molecule has 0 N–H and O–H groups in total. The van der Waals surface area contributed by atoms with E-state index in [0.717, 1.165) is 56.9 Å². The number of halogens is 2. The van der Waals surface area contributed by atoms with Crippen molar-refractivity contribution in [1.29, 1.82) is 0 Å². The van der Waals surface area contributed by atoms with Crippen molar-refractivity contribution in [2.45, 2.75) is 178 Å². The van der Waals surface area contributed by atoms with Gasteiger partial charge >= 0.3 is 37.9 Å². The summed E-state index contributed by atoms with van der Waals surface area (Å²) >= 11 is -0.826. The number of hydrogen-bond acceptors (Lipinski definition) is 0. The van der Waals surface area contributed by atoms with E-state index in [2.05, 4.69) is 122 Å². The van der Waals surface area contributed by atoms with Crippen molar-refractivity contribution in [2.24, 2.45) is 47.3 Å². The molecule has 0 saturated heterocycles. The van der Waals surface area contributed by atoms with Crippen LogP contribution in [0.2, 0.25) is 13.1 Å².